The van der Waals surface area contributed by atoms with Crippen LogP contribution in [0.15, 0.2) is 79.1 Å². The molecule has 0 saturated carbocycles. The molecule has 0 aliphatic heterocycles. The van der Waals surface area contributed by atoms with Gasteiger partial charge in [-0.25, -0.2) is 9.13 Å². The number of hydrogen-bond donors (Lipinski definition) is 0. The molecule has 25 heavy (non-hydrogen) atoms. The van der Waals surface area contributed by atoms with E-state index in [1.165, 1.54) is 38.9 Å². The predicted molar refractivity (Wildman–Crippen MR) is 102 cm³/mol. The Hall–Kier alpha value is -3.00. The van der Waals surface area contributed by atoms with Crippen molar-refractivity contribution in [2.24, 2.45) is 14.1 Å². The summed E-state index contributed by atoms with van der Waals surface area (Å²) in [7, 11) is 4.22. The molecule has 0 bridgehead atoms. The van der Waals surface area contributed by atoms with Crippen molar-refractivity contribution in [3.63, 3.8) is 0 Å². The van der Waals surface area contributed by atoms with Crippen molar-refractivity contribution < 1.29 is 9.13 Å². The lowest BCUT2D eigenvalue weighted by Gasteiger charge is -2.11. The zero-order valence-corrected chi connectivity index (χ0v) is 14.9. The summed E-state index contributed by atoms with van der Waals surface area (Å²) in [5, 5.41) is 2.55. The zero-order valence-electron chi connectivity index (χ0n) is 14.9. The minimum atomic E-state index is 1.23. The summed E-state index contributed by atoms with van der Waals surface area (Å²) in [5.41, 5.74) is 6.34. The maximum atomic E-state index is 2.23. The van der Waals surface area contributed by atoms with Crippen LogP contribution in [0.4, 0.5) is 0 Å². The van der Waals surface area contributed by atoms with Gasteiger partial charge >= 0.3 is 0 Å². The fourth-order valence-electron chi connectivity index (χ4n) is 3.62. The molecule has 0 aliphatic rings. The molecule has 0 spiro atoms. The Morgan fingerprint density at radius 3 is 2.24 bits per heavy atom. The van der Waals surface area contributed by atoms with Crippen LogP contribution in [-0.2, 0) is 14.1 Å². The second-order valence-electron chi connectivity index (χ2n) is 6.54. The molecule has 4 rings (SSSR count). The summed E-state index contributed by atoms with van der Waals surface area (Å²) in [6.07, 6.45) is 4.24. The van der Waals surface area contributed by atoms with E-state index < -0.39 is 0 Å². The molecular formula is C23H22N2+2. The van der Waals surface area contributed by atoms with Crippen molar-refractivity contribution in [1.82, 2.24) is 0 Å². The summed E-state index contributed by atoms with van der Waals surface area (Å²) < 4.78 is 4.40. The number of hydrogen-bond acceptors (Lipinski definition) is 0. The first-order chi connectivity index (χ1) is 12.2. The first-order valence-corrected chi connectivity index (χ1v) is 8.59. The first-order valence-electron chi connectivity index (χ1n) is 8.59. The highest BCUT2D eigenvalue weighted by Gasteiger charge is 2.20. The van der Waals surface area contributed by atoms with Crippen molar-refractivity contribution in [2.45, 2.75) is 6.92 Å². The molecule has 4 aromatic rings. The summed E-state index contributed by atoms with van der Waals surface area (Å²) in [4.78, 5) is 0. The zero-order chi connectivity index (χ0) is 17.4. The van der Waals surface area contributed by atoms with Gasteiger partial charge in [-0.1, -0.05) is 24.3 Å². The van der Waals surface area contributed by atoms with Gasteiger partial charge in [-0.05, 0) is 42.1 Å². The van der Waals surface area contributed by atoms with E-state index in [9.17, 15) is 0 Å². The van der Waals surface area contributed by atoms with E-state index in [0.717, 1.165) is 0 Å². The molecule has 0 amide bonds. The molecule has 2 nitrogen and oxygen atoms in total. The Labute approximate surface area is 148 Å². The van der Waals surface area contributed by atoms with E-state index in [-0.39, 0.29) is 0 Å². The van der Waals surface area contributed by atoms with E-state index in [1.807, 2.05) is 0 Å². The molecule has 0 atom stereocenters. The number of benzene rings is 2. The van der Waals surface area contributed by atoms with Gasteiger partial charge in [-0.2, -0.15) is 0 Å². The van der Waals surface area contributed by atoms with Crippen molar-refractivity contribution >= 4 is 10.8 Å². The smallest absolute Gasteiger partial charge is 0.201 e. The number of pyridine rings is 2. The monoisotopic (exact) mass is 326 g/mol. The minimum Gasteiger partial charge on any atom is -0.201 e. The number of nitrogens with zero attached hydrogens (tertiary/aromatic N) is 2. The van der Waals surface area contributed by atoms with Crippen LogP contribution in [0, 0.1) is 6.92 Å². The lowest BCUT2D eigenvalue weighted by Crippen LogP contribution is -2.31. The van der Waals surface area contributed by atoms with Crippen LogP contribution < -0.4 is 9.13 Å². The maximum absolute atomic E-state index is 2.23. The molecule has 122 valence electrons. The average Bonchev–Trinajstić information content (AvgIpc) is 2.63. The Kier molecular flexibility index (Phi) is 3.81. The van der Waals surface area contributed by atoms with Crippen molar-refractivity contribution in [1.29, 1.82) is 0 Å². The number of fused-ring (bicyclic) bond motifs is 1. The number of rotatable bonds is 2. The van der Waals surface area contributed by atoms with Crippen LogP contribution in [0.2, 0.25) is 0 Å². The fourth-order valence-corrected chi connectivity index (χ4v) is 3.62. The van der Waals surface area contributed by atoms with Gasteiger partial charge in [0.05, 0.1) is 10.9 Å². The highest BCUT2D eigenvalue weighted by atomic mass is 14.9. The molecule has 0 saturated heterocycles. The molecular weight excluding hydrogens is 304 g/mol. The summed E-state index contributed by atoms with van der Waals surface area (Å²) in [6.45, 7) is 2.22. The van der Waals surface area contributed by atoms with Crippen LogP contribution >= 0.6 is 0 Å². The molecule has 2 aromatic heterocycles. The number of aryl methyl sites for hydroxylation is 2. The number of aromatic nitrogens is 2. The first kappa shape index (κ1) is 15.5. The van der Waals surface area contributed by atoms with E-state index in [1.54, 1.807) is 0 Å². The van der Waals surface area contributed by atoms with Crippen LogP contribution in [0.1, 0.15) is 5.56 Å². The van der Waals surface area contributed by atoms with E-state index >= 15 is 0 Å². The predicted octanol–water partition coefficient (Wildman–Crippen LogP) is 4.13. The average molecular weight is 326 g/mol. The molecule has 0 aliphatic carbocycles. The lowest BCUT2D eigenvalue weighted by molar-refractivity contribution is -0.660. The molecule has 2 heterocycles. The van der Waals surface area contributed by atoms with Gasteiger partial charge in [0.15, 0.2) is 12.4 Å². The molecule has 0 radical (unpaired) electrons. The summed E-state index contributed by atoms with van der Waals surface area (Å²) >= 11 is 0. The van der Waals surface area contributed by atoms with E-state index in [0.29, 0.717) is 0 Å². The summed E-state index contributed by atoms with van der Waals surface area (Å²) in [6, 6.07) is 23.7. The van der Waals surface area contributed by atoms with Crippen molar-refractivity contribution in [2.75, 3.05) is 0 Å². The normalized spacial score (nSPS) is 11.0. The van der Waals surface area contributed by atoms with Crippen molar-refractivity contribution in [3.05, 3.63) is 84.7 Å². The second kappa shape index (κ2) is 6.14. The third-order valence-corrected chi connectivity index (χ3v) is 4.97. The largest absolute Gasteiger partial charge is 0.220 e. The highest BCUT2D eigenvalue weighted by Crippen LogP contribution is 2.32. The quantitative estimate of drug-likeness (QED) is 0.489. The summed E-state index contributed by atoms with van der Waals surface area (Å²) in [5.74, 6) is 0. The SMILES string of the molecule is Cc1c(-c2cccc[n+]2C)cccc1-c1c2ccccc2cc[n+]1C. The van der Waals surface area contributed by atoms with Gasteiger partial charge in [-0.3, -0.25) is 0 Å². The Bertz CT molecular complexity index is 1080. The topological polar surface area (TPSA) is 7.76 Å². The highest BCUT2D eigenvalue weighted by molar-refractivity contribution is 5.94. The van der Waals surface area contributed by atoms with Gasteiger partial charge in [0.1, 0.15) is 14.1 Å². The fraction of sp³-hybridized carbons (Fsp3) is 0.130. The van der Waals surface area contributed by atoms with Crippen LogP contribution in [0.25, 0.3) is 33.3 Å². The minimum absolute atomic E-state index is 1.23. The molecule has 0 unspecified atom stereocenters. The van der Waals surface area contributed by atoms with E-state index in [4.69, 9.17) is 0 Å². The molecule has 2 aromatic carbocycles. The second-order valence-corrected chi connectivity index (χ2v) is 6.54. The van der Waals surface area contributed by atoms with Gasteiger partial charge in [0.25, 0.3) is 0 Å². The van der Waals surface area contributed by atoms with Gasteiger partial charge in [0.2, 0.25) is 11.4 Å². The van der Waals surface area contributed by atoms with Gasteiger partial charge < -0.3 is 0 Å². The van der Waals surface area contributed by atoms with Crippen LogP contribution in [-0.4, -0.2) is 0 Å². The van der Waals surface area contributed by atoms with E-state index in [2.05, 4.69) is 109 Å². The third kappa shape index (κ3) is 2.60. The molecule has 0 fully saturated rings. The van der Waals surface area contributed by atoms with Crippen LogP contribution in [0.5, 0.6) is 0 Å². The van der Waals surface area contributed by atoms with Gasteiger partial charge in [0, 0.05) is 23.8 Å². The Balaban J connectivity index is 2.02. The van der Waals surface area contributed by atoms with Gasteiger partial charge in [-0.15, -0.1) is 0 Å². The van der Waals surface area contributed by atoms with Crippen LogP contribution in [0.3, 0.4) is 0 Å². The lowest BCUT2D eigenvalue weighted by atomic mass is 9.94. The third-order valence-electron chi connectivity index (χ3n) is 4.97. The Morgan fingerprint density at radius 2 is 1.40 bits per heavy atom. The molecule has 2 heteroatoms. The Morgan fingerprint density at radius 1 is 0.640 bits per heavy atom. The molecule has 0 N–H and O–H groups in total. The maximum Gasteiger partial charge on any atom is 0.220 e. The standard InChI is InChI=1S/C23H22N2/c1-17-19(22-13-6-7-15-24(22)2)11-8-12-20(17)23-21-10-5-4-9-18(21)14-16-25(23)3/h4-16H,1-3H3/q+2. The van der Waals surface area contributed by atoms with Crippen molar-refractivity contribution in [3.8, 4) is 22.5 Å².